The van der Waals surface area contributed by atoms with Crippen molar-refractivity contribution in [1.29, 1.82) is 0 Å². The predicted octanol–water partition coefficient (Wildman–Crippen LogP) is 12.5. The van der Waals surface area contributed by atoms with Crippen molar-refractivity contribution in [3.8, 4) is 56.4 Å². The number of hydrogen-bond acceptors (Lipinski definition) is 5. The highest BCUT2D eigenvalue weighted by Crippen LogP contribution is 2.40. The molecule has 3 heterocycles. The fraction of sp³-hybridized carbons (Fsp3) is 0. The van der Waals surface area contributed by atoms with E-state index >= 15 is 0 Å². The van der Waals surface area contributed by atoms with E-state index in [9.17, 15) is 4.11 Å². The Kier molecular flexibility index (Phi) is 5.35. The first-order valence-corrected chi connectivity index (χ1v) is 16.9. The molecule has 0 aliphatic rings. The molecule has 10 rings (SSSR count). The highest BCUT2D eigenvalue weighted by atomic mass is 32.1. The van der Waals surface area contributed by atoms with E-state index in [-0.39, 0.29) is 69.6 Å². The number of rotatable bonds is 5. The van der Waals surface area contributed by atoms with E-state index in [4.69, 9.17) is 23.5 Å². The van der Waals surface area contributed by atoms with Crippen LogP contribution in [0.1, 0.15) is 8.22 Å². The summed E-state index contributed by atoms with van der Waals surface area (Å²) in [5.41, 5.74) is 4.05. The van der Waals surface area contributed by atoms with Gasteiger partial charge in [0.05, 0.1) is 8.22 Å². The monoisotopic (exact) mass is 663 g/mol. The third-order valence-electron chi connectivity index (χ3n) is 8.86. The van der Waals surface area contributed by atoms with Crippen LogP contribution in [0.3, 0.4) is 0 Å². The molecule has 0 amide bonds. The van der Waals surface area contributed by atoms with E-state index in [2.05, 4.69) is 18.2 Å². The van der Waals surface area contributed by atoms with Gasteiger partial charge < -0.3 is 4.42 Å². The standard InChI is InChI=1S/C45H27N3OS/c1-3-11-28(12-4-1)30-15-9-16-31(25-30)34-18-10-19-38-42(34)37-24-22-32(26-39(37)49-38)44-46-43(29-13-5-2-6-14-29)47-45(48-44)33-21-23-36-35-17-7-8-20-40(35)50-41(36)27-33/h1-27H/i10D,18D,19D,22D,24D,26D. The molecule has 234 valence electrons. The maximum atomic E-state index is 9.52. The fourth-order valence-electron chi connectivity index (χ4n) is 6.46. The molecular formula is C45H27N3OS. The van der Waals surface area contributed by atoms with Crippen molar-refractivity contribution in [2.24, 2.45) is 0 Å². The zero-order valence-electron chi connectivity index (χ0n) is 32.3. The van der Waals surface area contributed by atoms with Crippen LogP contribution in [-0.4, -0.2) is 15.0 Å². The predicted molar refractivity (Wildman–Crippen MR) is 207 cm³/mol. The Morgan fingerprint density at radius 1 is 0.460 bits per heavy atom. The van der Waals surface area contributed by atoms with Crippen LogP contribution in [-0.2, 0) is 0 Å². The van der Waals surface area contributed by atoms with Crippen molar-refractivity contribution in [3.63, 3.8) is 0 Å². The van der Waals surface area contributed by atoms with Gasteiger partial charge >= 0.3 is 0 Å². The maximum absolute atomic E-state index is 9.52. The third-order valence-corrected chi connectivity index (χ3v) is 9.99. The topological polar surface area (TPSA) is 51.8 Å². The number of thiophene rings is 1. The van der Waals surface area contributed by atoms with Crippen LogP contribution in [0.4, 0.5) is 0 Å². The number of hydrogen-bond donors (Lipinski definition) is 0. The van der Waals surface area contributed by atoms with Crippen LogP contribution in [0.2, 0.25) is 0 Å². The first kappa shape index (κ1) is 23.0. The van der Waals surface area contributed by atoms with Gasteiger partial charge in [-0.05, 0) is 58.6 Å². The number of benzene rings is 7. The zero-order chi connectivity index (χ0) is 38.2. The van der Waals surface area contributed by atoms with Gasteiger partial charge in [-0.1, -0.05) is 127 Å². The number of furan rings is 1. The Bertz CT molecular complexity index is 3220. The van der Waals surface area contributed by atoms with E-state index < -0.39 is 0 Å². The van der Waals surface area contributed by atoms with E-state index in [0.29, 0.717) is 28.3 Å². The molecule has 0 atom stereocenters. The van der Waals surface area contributed by atoms with Crippen molar-refractivity contribution < 1.29 is 12.6 Å². The van der Waals surface area contributed by atoms with Gasteiger partial charge in [-0.25, -0.2) is 15.0 Å². The summed E-state index contributed by atoms with van der Waals surface area (Å²) in [5.74, 6) is 0.708. The molecule has 0 saturated heterocycles. The number of aromatic nitrogens is 3. The minimum Gasteiger partial charge on any atom is -0.456 e. The van der Waals surface area contributed by atoms with Gasteiger partial charge in [-0.15, -0.1) is 11.3 Å². The molecular weight excluding hydrogens is 631 g/mol. The lowest BCUT2D eigenvalue weighted by Crippen LogP contribution is -2.00. The van der Waals surface area contributed by atoms with Crippen molar-refractivity contribution in [2.75, 3.05) is 0 Å². The molecule has 10 aromatic rings. The molecule has 4 nitrogen and oxygen atoms in total. The molecule has 0 spiro atoms. The summed E-state index contributed by atoms with van der Waals surface area (Å²) in [4.78, 5) is 14.5. The van der Waals surface area contributed by atoms with Crippen LogP contribution in [0.25, 0.3) is 98.5 Å². The van der Waals surface area contributed by atoms with E-state index in [1.165, 1.54) is 4.70 Å². The Morgan fingerprint density at radius 3 is 1.98 bits per heavy atom. The lowest BCUT2D eigenvalue weighted by Gasteiger charge is -2.09. The van der Waals surface area contributed by atoms with E-state index in [0.717, 1.165) is 32.2 Å². The Labute approximate surface area is 300 Å². The Balaban J connectivity index is 1.22. The SMILES string of the molecule is [2H]c1c([2H])c(-c2cccc(-c3ccccc3)c2)c2c(oc3c([2H])c(-c4nc(-c5ccccc5)nc(-c5ccc6c(c5)sc5ccccc56)n4)c([2H])c([2H])c32)c1[2H]. The Morgan fingerprint density at radius 2 is 1.14 bits per heavy atom. The first-order valence-electron chi connectivity index (χ1n) is 19.1. The smallest absolute Gasteiger partial charge is 0.164 e. The average molecular weight is 664 g/mol. The molecule has 0 bridgehead atoms. The van der Waals surface area contributed by atoms with Crippen molar-refractivity contribution in [3.05, 3.63) is 164 Å². The summed E-state index contributed by atoms with van der Waals surface area (Å²) in [5, 5.41) is 2.65. The highest BCUT2D eigenvalue weighted by molar-refractivity contribution is 7.25. The van der Waals surface area contributed by atoms with Gasteiger partial charge in [0.1, 0.15) is 11.2 Å². The average Bonchev–Trinajstić information content (AvgIpc) is 3.82. The van der Waals surface area contributed by atoms with Crippen LogP contribution in [0.15, 0.2) is 168 Å². The molecule has 0 fully saturated rings. The quantitative estimate of drug-likeness (QED) is 0.184. The summed E-state index contributed by atoms with van der Waals surface area (Å²) >= 11 is 1.67. The van der Waals surface area contributed by atoms with Crippen LogP contribution < -0.4 is 0 Å². The molecule has 0 saturated carbocycles. The second-order valence-corrected chi connectivity index (χ2v) is 13.0. The summed E-state index contributed by atoms with van der Waals surface area (Å²) in [6.07, 6.45) is 0. The first-order chi connectivity index (χ1) is 27.3. The number of nitrogens with zero attached hydrogens (tertiary/aromatic N) is 3. The lowest BCUT2D eigenvalue weighted by atomic mass is 9.96. The molecule has 3 aromatic heterocycles. The molecule has 7 aromatic carbocycles. The second kappa shape index (κ2) is 11.6. The van der Waals surface area contributed by atoms with Gasteiger partial charge in [-0.3, -0.25) is 0 Å². The second-order valence-electron chi connectivity index (χ2n) is 11.9. The van der Waals surface area contributed by atoms with Gasteiger partial charge in [0.2, 0.25) is 0 Å². The van der Waals surface area contributed by atoms with Gasteiger partial charge in [0.15, 0.2) is 17.5 Å². The molecule has 50 heavy (non-hydrogen) atoms. The fourth-order valence-corrected chi connectivity index (χ4v) is 7.60. The zero-order valence-corrected chi connectivity index (χ0v) is 27.1. The van der Waals surface area contributed by atoms with Crippen LogP contribution in [0.5, 0.6) is 0 Å². The van der Waals surface area contributed by atoms with Gasteiger partial charge in [0, 0.05) is 47.6 Å². The molecule has 0 aliphatic carbocycles. The normalized spacial score (nSPS) is 13.3. The minimum atomic E-state index is -0.341. The molecule has 5 heteroatoms. The molecule has 0 unspecified atom stereocenters. The molecule has 0 N–H and O–H groups in total. The third kappa shape index (κ3) is 4.87. The summed E-state index contributed by atoms with van der Waals surface area (Å²) in [7, 11) is 0. The van der Waals surface area contributed by atoms with Crippen molar-refractivity contribution in [2.45, 2.75) is 0 Å². The van der Waals surface area contributed by atoms with Gasteiger partial charge in [0.25, 0.3) is 0 Å². The van der Waals surface area contributed by atoms with Crippen molar-refractivity contribution >= 4 is 53.4 Å². The number of fused-ring (bicyclic) bond motifs is 6. The lowest BCUT2D eigenvalue weighted by molar-refractivity contribution is 0.669. The largest absolute Gasteiger partial charge is 0.456 e. The van der Waals surface area contributed by atoms with E-state index in [1.807, 2.05) is 109 Å². The van der Waals surface area contributed by atoms with Crippen LogP contribution >= 0.6 is 11.3 Å². The maximum Gasteiger partial charge on any atom is 0.164 e. The van der Waals surface area contributed by atoms with Crippen molar-refractivity contribution in [1.82, 2.24) is 15.0 Å². The summed E-state index contributed by atoms with van der Waals surface area (Å²) < 4.78 is 63.5. The Hall–Kier alpha value is -6.43. The molecule has 0 aliphatic heterocycles. The molecule has 0 radical (unpaired) electrons. The van der Waals surface area contributed by atoms with Crippen LogP contribution in [0, 0.1) is 0 Å². The highest BCUT2D eigenvalue weighted by Gasteiger charge is 2.17. The minimum absolute atomic E-state index is 0.0262. The summed E-state index contributed by atoms with van der Waals surface area (Å²) in [6.45, 7) is 0. The summed E-state index contributed by atoms with van der Waals surface area (Å²) in [6, 6.07) is 39.3. The van der Waals surface area contributed by atoms with Gasteiger partial charge in [-0.2, -0.15) is 0 Å². The van der Waals surface area contributed by atoms with E-state index in [1.54, 1.807) is 11.3 Å².